The van der Waals surface area contributed by atoms with Crippen molar-refractivity contribution >= 4 is 18.0 Å². The Kier molecular flexibility index (Phi) is 6.33. The van der Waals surface area contributed by atoms with Gasteiger partial charge in [0.25, 0.3) is 5.91 Å². The molecule has 4 bridgehead atoms. The second kappa shape index (κ2) is 8.78. The highest BCUT2D eigenvalue weighted by Gasteiger charge is 2.55. The van der Waals surface area contributed by atoms with Crippen molar-refractivity contribution < 1.29 is 19.4 Å². The quantitative estimate of drug-likeness (QED) is 0.555. The first-order valence-electron chi connectivity index (χ1n) is 12.1. The highest BCUT2D eigenvalue weighted by molar-refractivity contribution is 5.96. The third kappa shape index (κ3) is 4.95. The minimum absolute atomic E-state index is 0.0695. The van der Waals surface area contributed by atoms with Crippen molar-refractivity contribution in [2.24, 2.45) is 23.2 Å². The highest BCUT2D eigenvalue weighted by Crippen LogP contribution is 2.59. The summed E-state index contributed by atoms with van der Waals surface area (Å²) in [5.41, 5.74) is -0.0883. The first kappa shape index (κ1) is 23.8. The molecule has 2 amide bonds. The van der Waals surface area contributed by atoms with Crippen LogP contribution in [0.5, 0.6) is 5.88 Å². The number of nitrogens with zero attached hydrogens (tertiary/aromatic N) is 2. The van der Waals surface area contributed by atoms with Crippen LogP contribution in [0.4, 0.5) is 0 Å². The SMILES string of the molecule is CC(=O)NC(C)(C)/C=C/n1ncc(C(=O)NC2C3CC4CC2CC(CO)(C4)C3)c1OC(C)C. The molecule has 0 aliphatic heterocycles. The number of amides is 2. The summed E-state index contributed by atoms with van der Waals surface area (Å²) in [6.45, 7) is 9.34. The number of hydrogen-bond donors (Lipinski definition) is 3. The number of ether oxygens (including phenoxy) is 1. The number of nitrogens with one attached hydrogen (secondary N) is 2. The molecule has 0 radical (unpaired) electrons. The van der Waals surface area contributed by atoms with Gasteiger partial charge in [-0.15, -0.1) is 0 Å². The van der Waals surface area contributed by atoms with Crippen LogP contribution in [-0.2, 0) is 4.79 Å². The van der Waals surface area contributed by atoms with Crippen molar-refractivity contribution in [2.45, 2.75) is 84.4 Å². The zero-order chi connectivity index (χ0) is 24.0. The molecule has 8 heteroatoms. The number of carbonyl (C=O) groups excluding carboxylic acids is 2. The summed E-state index contributed by atoms with van der Waals surface area (Å²) in [6, 6.07) is 0.137. The third-order valence-corrected chi connectivity index (χ3v) is 7.51. The third-order valence-electron chi connectivity index (χ3n) is 7.51. The smallest absolute Gasteiger partial charge is 0.258 e. The molecule has 1 aromatic rings. The molecule has 3 N–H and O–H groups in total. The van der Waals surface area contributed by atoms with Gasteiger partial charge in [-0.3, -0.25) is 9.59 Å². The van der Waals surface area contributed by atoms with E-state index in [4.69, 9.17) is 4.74 Å². The van der Waals surface area contributed by atoms with Gasteiger partial charge in [0.15, 0.2) is 0 Å². The van der Waals surface area contributed by atoms with E-state index in [1.54, 1.807) is 17.1 Å². The first-order chi connectivity index (χ1) is 15.5. The molecule has 4 fully saturated rings. The van der Waals surface area contributed by atoms with Gasteiger partial charge in [-0.25, -0.2) is 4.68 Å². The van der Waals surface area contributed by atoms with E-state index in [-0.39, 0.29) is 36.0 Å². The first-order valence-corrected chi connectivity index (χ1v) is 12.1. The maximum Gasteiger partial charge on any atom is 0.258 e. The van der Waals surface area contributed by atoms with Gasteiger partial charge in [0.05, 0.1) is 17.8 Å². The molecule has 1 heterocycles. The van der Waals surface area contributed by atoms with E-state index in [0.29, 0.717) is 29.2 Å². The molecule has 0 aromatic carbocycles. The molecule has 0 saturated heterocycles. The lowest BCUT2D eigenvalue weighted by Gasteiger charge is -2.59. The number of rotatable bonds is 8. The zero-order valence-corrected chi connectivity index (χ0v) is 20.4. The molecule has 2 unspecified atom stereocenters. The average molecular weight is 459 g/mol. The molecule has 33 heavy (non-hydrogen) atoms. The van der Waals surface area contributed by atoms with Gasteiger partial charge in [0.1, 0.15) is 5.56 Å². The summed E-state index contributed by atoms with van der Waals surface area (Å²) in [7, 11) is 0. The van der Waals surface area contributed by atoms with Gasteiger partial charge in [0.2, 0.25) is 11.8 Å². The maximum absolute atomic E-state index is 13.4. The van der Waals surface area contributed by atoms with Crippen LogP contribution in [0.15, 0.2) is 12.3 Å². The van der Waals surface area contributed by atoms with Gasteiger partial charge >= 0.3 is 0 Å². The number of aromatic nitrogens is 2. The van der Waals surface area contributed by atoms with Gasteiger partial charge in [0, 0.05) is 25.8 Å². The Labute approximate surface area is 196 Å². The van der Waals surface area contributed by atoms with E-state index in [0.717, 1.165) is 32.1 Å². The number of aliphatic hydroxyl groups excluding tert-OH is 1. The molecule has 2 atom stereocenters. The maximum atomic E-state index is 13.4. The van der Waals surface area contributed by atoms with Crippen LogP contribution in [0.25, 0.3) is 6.20 Å². The summed E-state index contributed by atoms with van der Waals surface area (Å²) in [6.07, 6.45) is 10.4. The molecule has 1 aromatic heterocycles. The van der Waals surface area contributed by atoms with Crippen LogP contribution < -0.4 is 15.4 Å². The minimum Gasteiger partial charge on any atom is -0.474 e. The van der Waals surface area contributed by atoms with Gasteiger partial charge in [-0.05, 0) is 89.0 Å². The number of carbonyl (C=O) groups is 2. The molecule has 4 aliphatic carbocycles. The van der Waals surface area contributed by atoms with E-state index in [1.807, 2.05) is 33.8 Å². The Hall–Kier alpha value is -2.35. The molecule has 182 valence electrons. The van der Waals surface area contributed by atoms with Crippen LogP contribution in [0.1, 0.15) is 77.1 Å². The predicted octanol–water partition coefficient (Wildman–Crippen LogP) is 2.97. The topological polar surface area (TPSA) is 105 Å². The monoisotopic (exact) mass is 458 g/mol. The fourth-order valence-electron chi connectivity index (χ4n) is 6.56. The van der Waals surface area contributed by atoms with Crippen LogP contribution in [0.3, 0.4) is 0 Å². The zero-order valence-electron chi connectivity index (χ0n) is 20.4. The summed E-state index contributed by atoms with van der Waals surface area (Å²) in [4.78, 5) is 24.8. The lowest BCUT2D eigenvalue weighted by Crippen LogP contribution is -2.60. The summed E-state index contributed by atoms with van der Waals surface area (Å²) >= 11 is 0. The molecule has 4 saturated carbocycles. The van der Waals surface area contributed by atoms with E-state index < -0.39 is 5.54 Å². The van der Waals surface area contributed by atoms with Crippen LogP contribution in [-0.4, -0.2) is 51.0 Å². The van der Waals surface area contributed by atoms with Crippen molar-refractivity contribution in [1.82, 2.24) is 20.4 Å². The Morgan fingerprint density at radius 3 is 2.55 bits per heavy atom. The molecular weight excluding hydrogens is 420 g/mol. The van der Waals surface area contributed by atoms with Crippen LogP contribution >= 0.6 is 0 Å². The lowest BCUT2D eigenvalue weighted by molar-refractivity contribution is -0.120. The van der Waals surface area contributed by atoms with Crippen LogP contribution in [0, 0.1) is 23.2 Å². The van der Waals surface area contributed by atoms with Crippen molar-refractivity contribution in [1.29, 1.82) is 0 Å². The fourth-order valence-corrected chi connectivity index (χ4v) is 6.56. The van der Waals surface area contributed by atoms with Gasteiger partial charge in [-0.2, -0.15) is 5.10 Å². The summed E-state index contributed by atoms with van der Waals surface area (Å²) < 4.78 is 7.54. The summed E-state index contributed by atoms with van der Waals surface area (Å²) in [5.74, 6) is 1.64. The largest absolute Gasteiger partial charge is 0.474 e. The second-order valence-electron chi connectivity index (χ2n) is 11.3. The summed E-state index contributed by atoms with van der Waals surface area (Å²) in [5, 5.41) is 20.6. The van der Waals surface area contributed by atoms with Crippen molar-refractivity contribution in [3.05, 3.63) is 17.8 Å². The second-order valence-corrected chi connectivity index (χ2v) is 11.3. The van der Waals surface area contributed by atoms with Gasteiger partial charge in [-0.1, -0.05) is 0 Å². The Bertz CT molecular complexity index is 919. The van der Waals surface area contributed by atoms with E-state index in [1.165, 1.54) is 6.92 Å². The van der Waals surface area contributed by atoms with Crippen molar-refractivity contribution in [3.63, 3.8) is 0 Å². The predicted molar refractivity (Wildman–Crippen MR) is 126 cm³/mol. The normalized spacial score (nSPS) is 30.8. The number of hydrogen-bond acceptors (Lipinski definition) is 5. The molecular formula is C25H38N4O4. The average Bonchev–Trinajstić information content (AvgIpc) is 3.09. The van der Waals surface area contributed by atoms with Gasteiger partial charge < -0.3 is 20.5 Å². The van der Waals surface area contributed by atoms with E-state index in [9.17, 15) is 14.7 Å². The van der Waals surface area contributed by atoms with E-state index >= 15 is 0 Å². The molecule has 8 nitrogen and oxygen atoms in total. The van der Waals surface area contributed by atoms with Crippen molar-refractivity contribution in [3.8, 4) is 5.88 Å². The van der Waals surface area contributed by atoms with Crippen LogP contribution in [0.2, 0.25) is 0 Å². The Morgan fingerprint density at radius 1 is 1.30 bits per heavy atom. The minimum atomic E-state index is -0.571. The fraction of sp³-hybridized carbons (Fsp3) is 0.720. The highest BCUT2D eigenvalue weighted by atomic mass is 16.5. The Morgan fingerprint density at radius 2 is 1.97 bits per heavy atom. The molecule has 5 rings (SSSR count). The lowest BCUT2D eigenvalue weighted by atomic mass is 9.48. The van der Waals surface area contributed by atoms with E-state index in [2.05, 4.69) is 15.7 Å². The molecule has 0 spiro atoms. The standard InChI is InChI=1S/C25H38N4O4/c1-15(2)33-23-20(13-26-29(23)7-6-24(4,5)28-16(3)31)22(32)27-21-18-8-17-9-19(21)12-25(10-17,11-18)14-30/h6-7,13,15,17-19,21,30H,8-12,14H2,1-5H3,(H,27,32)(H,28,31)/b7-6+. The number of aliphatic hydroxyl groups is 1. The Balaban J connectivity index is 1.53. The van der Waals surface area contributed by atoms with Crippen molar-refractivity contribution in [2.75, 3.05) is 6.61 Å². The molecule has 4 aliphatic rings.